The van der Waals surface area contributed by atoms with Crippen LogP contribution in [0.25, 0.3) is 0 Å². The van der Waals surface area contributed by atoms with Crippen molar-refractivity contribution in [2.24, 2.45) is 5.73 Å². The minimum atomic E-state index is 0.0113. The van der Waals surface area contributed by atoms with Gasteiger partial charge in [0.15, 0.2) is 11.5 Å². The standard InChI is InChI=1S/C15H24N2O4/c1-19-12-9-11(10-13(20-2)15(12)21-3)5-6-14(18)17-8-4-7-16/h9-10H,4-8,16H2,1-3H3,(H,17,18). The molecule has 0 fully saturated rings. The van der Waals surface area contributed by atoms with Gasteiger partial charge in [0.1, 0.15) is 0 Å². The molecule has 1 aromatic carbocycles. The first-order valence-corrected chi connectivity index (χ1v) is 6.91. The lowest BCUT2D eigenvalue weighted by molar-refractivity contribution is -0.121. The molecule has 0 spiro atoms. The first-order chi connectivity index (χ1) is 10.2. The summed E-state index contributed by atoms with van der Waals surface area (Å²) in [6, 6.07) is 3.71. The molecule has 0 saturated heterocycles. The summed E-state index contributed by atoms with van der Waals surface area (Å²) in [5.41, 5.74) is 6.34. The Morgan fingerprint density at radius 3 is 2.24 bits per heavy atom. The summed E-state index contributed by atoms with van der Waals surface area (Å²) >= 11 is 0. The number of carbonyl (C=O) groups excluding carboxylic acids is 1. The van der Waals surface area contributed by atoms with Crippen molar-refractivity contribution in [3.05, 3.63) is 17.7 Å². The van der Waals surface area contributed by atoms with Gasteiger partial charge in [-0.05, 0) is 37.1 Å². The van der Waals surface area contributed by atoms with Crippen LogP contribution in [-0.4, -0.2) is 40.3 Å². The highest BCUT2D eigenvalue weighted by Crippen LogP contribution is 2.38. The molecule has 6 heteroatoms. The van der Waals surface area contributed by atoms with Crippen LogP contribution in [0.4, 0.5) is 0 Å². The van der Waals surface area contributed by atoms with Gasteiger partial charge in [0, 0.05) is 13.0 Å². The third-order valence-electron chi connectivity index (χ3n) is 3.07. The van der Waals surface area contributed by atoms with Gasteiger partial charge >= 0.3 is 0 Å². The highest BCUT2D eigenvalue weighted by molar-refractivity contribution is 5.76. The lowest BCUT2D eigenvalue weighted by Crippen LogP contribution is -2.26. The second-order valence-corrected chi connectivity index (χ2v) is 4.53. The van der Waals surface area contributed by atoms with E-state index in [2.05, 4.69) is 5.32 Å². The Hall–Kier alpha value is -1.95. The average molecular weight is 296 g/mol. The fourth-order valence-corrected chi connectivity index (χ4v) is 1.96. The summed E-state index contributed by atoms with van der Waals surface area (Å²) in [6.45, 7) is 1.19. The minimum Gasteiger partial charge on any atom is -0.493 e. The maximum atomic E-state index is 11.7. The van der Waals surface area contributed by atoms with E-state index in [1.54, 1.807) is 21.3 Å². The number of nitrogens with two attached hydrogens (primary N) is 1. The summed E-state index contributed by atoms with van der Waals surface area (Å²) in [5, 5.41) is 2.83. The van der Waals surface area contributed by atoms with Crippen LogP contribution >= 0.6 is 0 Å². The Balaban J connectivity index is 2.69. The molecule has 0 bridgehead atoms. The molecule has 21 heavy (non-hydrogen) atoms. The van der Waals surface area contributed by atoms with Crippen molar-refractivity contribution >= 4 is 5.91 Å². The maximum Gasteiger partial charge on any atom is 0.220 e. The summed E-state index contributed by atoms with van der Waals surface area (Å²) < 4.78 is 15.8. The van der Waals surface area contributed by atoms with Crippen LogP contribution in [0.5, 0.6) is 17.2 Å². The molecule has 6 nitrogen and oxygen atoms in total. The Bertz CT molecular complexity index is 438. The second kappa shape index (κ2) is 9.07. The molecule has 0 unspecified atom stereocenters. The summed E-state index contributed by atoms with van der Waals surface area (Å²) in [7, 11) is 4.70. The number of hydrogen-bond acceptors (Lipinski definition) is 5. The molecule has 0 aliphatic carbocycles. The second-order valence-electron chi connectivity index (χ2n) is 4.53. The van der Waals surface area contributed by atoms with Crippen molar-refractivity contribution in [2.75, 3.05) is 34.4 Å². The zero-order chi connectivity index (χ0) is 15.7. The van der Waals surface area contributed by atoms with Gasteiger partial charge in [0.05, 0.1) is 21.3 Å². The van der Waals surface area contributed by atoms with Gasteiger partial charge in [-0.1, -0.05) is 0 Å². The molecular formula is C15H24N2O4. The van der Waals surface area contributed by atoms with E-state index in [1.165, 1.54) is 0 Å². The maximum absolute atomic E-state index is 11.7. The Labute approximate surface area is 125 Å². The number of methoxy groups -OCH3 is 3. The van der Waals surface area contributed by atoms with Crippen LogP contribution in [0.1, 0.15) is 18.4 Å². The van der Waals surface area contributed by atoms with E-state index in [-0.39, 0.29) is 5.91 Å². The third kappa shape index (κ3) is 5.15. The van der Waals surface area contributed by atoms with E-state index in [1.807, 2.05) is 12.1 Å². The van der Waals surface area contributed by atoms with Crippen LogP contribution in [0.15, 0.2) is 12.1 Å². The van der Waals surface area contributed by atoms with Crippen LogP contribution in [0.2, 0.25) is 0 Å². The van der Waals surface area contributed by atoms with Crippen molar-refractivity contribution in [2.45, 2.75) is 19.3 Å². The zero-order valence-electron chi connectivity index (χ0n) is 12.9. The van der Waals surface area contributed by atoms with Crippen molar-refractivity contribution in [1.82, 2.24) is 5.32 Å². The van der Waals surface area contributed by atoms with Crippen LogP contribution in [0.3, 0.4) is 0 Å². The average Bonchev–Trinajstić information content (AvgIpc) is 2.51. The molecular weight excluding hydrogens is 272 g/mol. The first-order valence-electron chi connectivity index (χ1n) is 6.91. The molecule has 0 aliphatic rings. The molecule has 0 aliphatic heterocycles. The van der Waals surface area contributed by atoms with Crippen LogP contribution in [-0.2, 0) is 11.2 Å². The zero-order valence-corrected chi connectivity index (χ0v) is 12.9. The van der Waals surface area contributed by atoms with E-state index >= 15 is 0 Å². The number of ether oxygens (including phenoxy) is 3. The van der Waals surface area contributed by atoms with Gasteiger partial charge in [0.2, 0.25) is 11.7 Å². The highest BCUT2D eigenvalue weighted by atomic mass is 16.5. The molecule has 118 valence electrons. The van der Waals surface area contributed by atoms with Gasteiger partial charge < -0.3 is 25.3 Å². The number of benzene rings is 1. The smallest absolute Gasteiger partial charge is 0.220 e. The molecule has 1 rings (SSSR count). The normalized spacial score (nSPS) is 10.1. The highest BCUT2D eigenvalue weighted by Gasteiger charge is 2.13. The van der Waals surface area contributed by atoms with Crippen molar-refractivity contribution < 1.29 is 19.0 Å². The van der Waals surface area contributed by atoms with E-state index in [4.69, 9.17) is 19.9 Å². The number of nitrogens with one attached hydrogen (secondary N) is 1. The van der Waals surface area contributed by atoms with Gasteiger partial charge in [-0.25, -0.2) is 0 Å². The lowest BCUT2D eigenvalue weighted by Gasteiger charge is -2.14. The number of hydrogen-bond donors (Lipinski definition) is 2. The van der Waals surface area contributed by atoms with Crippen molar-refractivity contribution in [3.8, 4) is 17.2 Å². The molecule has 0 atom stereocenters. The lowest BCUT2D eigenvalue weighted by atomic mass is 10.1. The number of aryl methyl sites for hydroxylation is 1. The molecule has 0 heterocycles. The fourth-order valence-electron chi connectivity index (χ4n) is 1.96. The number of amides is 1. The summed E-state index contributed by atoms with van der Waals surface area (Å²) in [6.07, 6.45) is 1.80. The summed E-state index contributed by atoms with van der Waals surface area (Å²) in [4.78, 5) is 11.7. The minimum absolute atomic E-state index is 0.0113. The largest absolute Gasteiger partial charge is 0.493 e. The fraction of sp³-hybridized carbons (Fsp3) is 0.533. The number of carbonyl (C=O) groups is 1. The molecule has 1 aromatic rings. The molecule has 0 saturated carbocycles. The quantitative estimate of drug-likeness (QED) is 0.667. The molecule has 0 aromatic heterocycles. The topological polar surface area (TPSA) is 82.8 Å². The molecule has 3 N–H and O–H groups in total. The predicted molar refractivity (Wildman–Crippen MR) is 81.1 cm³/mol. The predicted octanol–water partition coefficient (Wildman–Crippen LogP) is 1.11. The van der Waals surface area contributed by atoms with Gasteiger partial charge in [0.25, 0.3) is 0 Å². The van der Waals surface area contributed by atoms with Gasteiger partial charge in [-0.15, -0.1) is 0 Å². The van der Waals surface area contributed by atoms with E-state index in [0.29, 0.717) is 43.2 Å². The van der Waals surface area contributed by atoms with Gasteiger partial charge in [-0.2, -0.15) is 0 Å². The van der Waals surface area contributed by atoms with Crippen LogP contribution in [0, 0.1) is 0 Å². The Kier molecular flexibility index (Phi) is 7.39. The van der Waals surface area contributed by atoms with E-state index < -0.39 is 0 Å². The van der Waals surface area contributed by atoms with E-state index in [9.17, 15) is 4.79 Å². The van der Waals surface area contributed by atoms with Gasteiger partial charge in [-0.3, -0.25) is 4.79 Å². The monoisotopic (exact) mass is 296 g/mol. The van der Waals surface area contributed by atoms with E-state index in [0.717, 1.165) is 12.0 Å². The third-order valence-corrected chi connectivity index (χ3v) is 3.07. The Morgan fingerprint density at radius 2 is 1.76 bits per heavy atom. The Morgan fingerprint density at radius 1 is 1.14 bits per heavy atom. The molecule has 0 radical (unpaired) electrons. The summed E-state index contributed by atoms with van der Waals surface area (Å²) in [5.74, 6) is 1.75. The SMILES string of the molecule is COc1cc(CCC(=O)NCCCN)cc(OC)c1OC. The van der Waals surface area contributed by atoms with Crippen LogP contribution < -0.4 is 25.3 Å². The first kappa shape index (κ1) is 17.1. The molecule has 1 amide bonds. The van der Waals surface area contributed by atoms with Crippen molar-refractivity contribution in [3.63, 3.8) is 0 Å². The number of rotatable bonds is 9. The van der Waals surface area contributed by atoms with Crippen molar-refractivity contribution in [1.29, 1.82) is 0 Å².